The van der Waals surface area contributed by atoms with Crippen molar-refractivity contribution in [3.05, 3.63) is 178 Å². The minimum Gasteiger partial charge on any atom is -0.269 e. The van der Waals surface area contributed by atoms with Crippen LogP contribution in [0.3, 0.4) is 0 Å². The van der Waals surface area contributed by atoms with Crippen molar-refractivity contribution < 1.29 is 19.2 Å². The summed E-state index contributed by atoms with van der Waals surface area (Å²) in [5.41, 5.74) is -5.09. The highest BCUT2D eigenvalue weighted by Crippen LogP contribution is 2.48. The summed E-state index contributed by atoms with van der Waals surface area (Å²) in [6, 6.07) is 13.1. The Hall–Kier alpha value is -9.32. The summed E-state index contributed by atoms with van der Waals surface area (Å²) in [7, 11) is 0. The zero-order valence-electron chi connectivity index (χ0n) is 42.5. The number of amides is 4. The van der Waals surface area contributed by atoms with Gasteiger partial charge < -0.3 is 0 Å². The van der Waals surface area contributed by atoms with E-state index in [2.05, 4.69) is 0 Å². The van der Waals surface area contributed by atoms with Crippen LogP contribution >= 0.6 is 0 Å². The average molecular weight is 1060 g/mol. The van der Waals surface area contributed by atoms with E-state index in [1.165, 1.54) is 34.1 Å². The Labute approximate surface area is 446 Å². The quantitative estimate of drug-likeness (QED) is 0.0910. The summed E-state index contributed by atoms with van der Waals surface area (Å²) in [5.74, 6) is -2.39. The van der Waals surface area contributed by atoms with Crippen molar-refractivity contribution >= 4 is 110 Å². The molecule has 392 valence electrons. The maximum absolute atomic E-state index is 15.1. The Morgan fingerprint density at radius 1 is 0.237 bits per heavy atom. The van der Waals surface area contributed by atoms with E-state index in [1.807, 2.05) is 0 Å². The van der Waals surface area contributed by atoms with Gasteiger partial charge in [-0.2, -0.15) is 0 Å². The van der Waals surface area contributed by atoms with E-state index in [1.54, 1.807) is 48.5 Å². The van der Waals surface area contributed by atoms with Gasteiger partial charge in [-0.05, 0) is 119 Å². The zero-order valence-corrected chi connectivity index (χ0v) is 42.5. The van der Waals surface area contributed by atoms with Crippen LogP contribution in [0.25, 0.3) is 86.2 Å². The van der Waals surface area contributed by atoms with Gasteiger partial charge in [0, 0.05) is 33.0 Å². The van der Waals surface area contributed by atoms with Gasteiger partial charge in [0.05, 0.1) is 79.3 Å². The second-order valence-electron chi connectivity index (χ2n) is 23.2. The lowest BCUT2D eigenvalue weighted by molar-refractivity contribution is 0.0418. The average Bonchev–Trinajstić information content (AvgIpc) is 4.19. The number of hydrogen-bond acceptors (Lipinski definition) is 12. The number of rotatable bonds is 0. The van der Waals surface area contributed by atoms with Crippen LogP contribution in [-0.2, 0) is 0 Å². The highest BCUT2D eigenvalue weighted by atomic mass is 16.2. The lowest BCUT2D eigenvalue weighted by Crippen LogP contribution is -2.53. The molecular weight excluding hydrogens is 1020 g/mol. The number of benzene rings is 7. The Bertz CT molecular complexity index is 4720. The second-order valence-corrected chi connectivity index (χ2v) is 23.2. The SMILES string of the molecule is O=C1c2ccc3c4ccc5c6c7ccc(c8ccc(c2c38)C(=O)N1C1CCCC[C@H]1n1c(=O)c2cc3c(=O)n(c(=O)c3cc2c1=O)[C@@H]1CCCC[C@H]1n1c(=O)c2cc3c(=O)n(c(=O)c3cc2c1=O)[C@@H]1CCCC[C@H]1N(C5=O)C7=O)c64. The fraction of sp³-hybridized carbons (Fsp3) is 0.290. The molecule has 7 aromatic carbocycles. The summed E-state index contributed by atoms with van der Waals surface area (Å²) in [6.07, 6.45) is 4.91. The van der Waals surface area contributed by atoms with Gasteiger partial charge in [-0.3, -0.25) is 85.6 Å². The lowest BCUT2D eigenvalue weighted by atomic mass is 9.80. The molecule has 80 heavy (non-hydrogen) atoms. The largest absolute Gasteiger partial charge is 0.269 e. The predicted octanol–water partition coefficient (Wildman–Crippen LogP) is 6.42. The third-order valence-corrected chi connectivity index (χ3v) is 19.7. The van der Waals surface area contributed by atoms with E-state index >= 15 is 19.2 Å². The van der Waals surface area contributed by atoms with Gasteiger partial charge in [0.2, 0.25) is 0 Å². The Kier molecular flexibility index (Phi) is 8.72. The monoisotopic (exact) mass is 1060 g/mol. The number of carbonyl (C=O) groups excluding carboxylic acids is 4. The van der Waals surface area contributed by atoms with E-state index in [0.717, 1.165) is 18.3 Å². The Morgan fingerprint density at radius 3 is 0.662 bits per heavy atom. The minimum atomic E-state index is -1.02. The molecule has 20 aliphatic rings. The molecular formula is C62H42N6O12. The number of carbonyl (C=O) groups is 4. The molecule has 0 spiro atoms. The maximum Gasteiger partial charge on any atom is 0.261 e. The van der Waals surface area contributed by atoms with E-state index in [-0.39, 0.29) is 104 Å². The topological polar surface area (TPSA) is 231 Å². The third-order valence-electron chi connectivity index (χ3n) is 19.7. The van der Waals surface area contributed by atoms with E-state index in [9.17, 15) is 38.4 Å². The first-order chi connectivity index (χ1) is 38.7. The van der Waals surface area contributed by atoms with Crippen molar-refractivity contribution in [1.82, 2.24) is 28.1 Å². The van der Waals surface area contributed by atoms with Gasteiger partial charge in [-0.25, -0.2) is 0 Å². The second kappa shape index (κ2) is 15.3. The van der Waals surface area contributed by atoms with Crippen molar-refractivity contribution in [2.24, 2.45) is 0 Å². The Morgan fingerprint density at radius 2 is 0.438 bits per heavy atom. The molecule has 6 atom stereocenters. The molecule has 18 nitrogen and oxygen atoms in total. The van der Waals surface area contributed by atoms with Crippen molar-refractivity contribution in [1.29, 1.82) is 0 Å². The van der Waals surface area contributed by atoms with Crippen LogP contribution in [0.5, 0.6) is 0 Å². The molecule has 0 saturated heterocycles. The standard InChI is InChI=1S/C62H42N6O12/c69-51-29-17-13-25-27-15-19-31-50-32-20-16-28(48(27)50)26-14-18-30(49(29)47(25)26)52(70)63(51)41-7-1-3-9-43(41)65-55(73)33-21-37-38(22-34(33)56(65)74)60(78)67(59(37)77)45-11-5-6-12-46(45)68-61(79)39-23-35-36(24-40(39)62(68)80)58(76)66(57(35)75)44-10-4-2-8-42(44)64(53(31)71)54(32)72/h13-24,41-46H,1-12H2/t41-,42?,43-,44-,45-,46-/m1/s1. The van der Waals surface area contributed by atoms with E-state index in [4.69, 9.17) is 0 Å². The van der Waals surface area contributed by atoms with Crippen LogP contribution in [0.2, 0.25) is 0 Å². The highest BCUT2D eigenvalue weighted by molar-refractivity contribution is 6.41. The summed E-state index contributed by atoms with van der Waals surface area (Å²) >= 11 is 0. The predicted molar refractivity (Wildman–Crippen MR) is 298 cm³/mol. The normalized spacial score (nSPS) is 23.1. The summed E-state index contributed by atoms with van der Waals surface area (Å²) in [5, 5.41) is 3.83. The van der Waals surface area contributed by atoms with Crippen LogP contribution in [0.15, 0.2) is 111 Å². The Balaban J connectivity index is 0.922. The van der Waals surface area contributed by atoms with Crippen molar-refractivity contribution in [2.75, 3.05) is 0 Å². The molecule has 17 aliphatic heterocycles. The van der Waals surface area contributed by atoms with Crippen LogP contribution in [0.4, 0.5) is 0 Å². The summed E-state index contributed by atoms with van der Waals surface area (Å²) in [6.45, 7) is 0. The van der Waals surface area contributed by atoms with Gasteiger partial charge in [-0.1, -0.05) is 62.8 Å². The highest BCUT2D eigenvalue weighted by Gasteiger charge is 2.47. The molecule has 21 heterocycles. The summed E-state index contributed by atoms with van der Waals surface area (Å²) in [4.78, 5) is 181. The fourth-order valence-corrected chi connectivity index (χ4v) is 16.2. The molecule has 18 heteroatoms. The van der Waals surface area contributed by atoms with Crippen molar-refractivity contribution in [3.63, 3.8) is 0 Å². The van der Waals surface area contributed by atoms with Crippen LogP contribution in [0.1, 0.15) is 143 Å². The third kappa shape index (κ3) is 5.30. The van der Waals surface area contributed by atoms with Crippen molar-refractivity contribution in [2.45, 2.75) is 113 Å². The molecule has 26 bridgehead atoms. The molecule has 4 aromatic heterocycles. The first-order valence-electron chi connectivity index (χ1n) is 27.6. The van der Waals surface area contributed by atoms with Gasteiger partial charge in [0.1, 0.15) is 0 Å². The molecule has 3 fully saturated rings. The molecule has 1 unspecified atom stereocenters. The van der Waals surface area contributed by atoms with E-state index in [0.29, 0.717) is 81.6 Å². The number of nitrogens with zero attached hydrogens (tertiary/aromatic N) is 6. The first-order valence-corrected chi connectivity index (χ1v) is 27.6. The molecule has 0 radical (unpaired) electrons. The minimum absolute atomic E-state index is 0.116. The number of aromatic nitrogens is 4. The molecule has 3 aliphatic carbocycles. The van der Waals surface area contributed by atoms with Crippen LogP contribution in [0, 0.1) is 0 Å². The van der Waals surface area contributed by atoms with Crippen molar-refractivity contribution in [3.8, 4) is 0 Å². The first kappa shape index (κ1) is 45.7. The lowest BCUT2D eigenvalue weighted by Gasteiger charge is -2.41. The van der Waals surface area contributed by atoms with E-state index < -0.39 is 104 Å². The van der Waals surface area contributed by atoms with Gasteiger partial charge in [0.25, 0.3) is 68.1 Å². The molecule has 0 N–H and O–H groups in total. The smallest absolute Gasteiger partial charge is 0.261 e. The van der Waals surface area contributed by atoms with Crippen LogP contribution < -0.4 is 44.5 Å². The summed E-state index contributed by atoms with van der Waals surface area (Å²) < 4.78 is 4.16. The zero-order chi connectivity index (χ0) is 54.4. The van der Waals surface area contributed by atoms with Crippen LogP contribution in [-0.4, -0.2) is 63.8 Å². The number of hydrogen-bond donors (Lipinski definition) is 0. The van der Waals surface area contributed by atoms with Gasteiger partial charge in [-0.15, -0.1) is 0 Å². The van der Waals surface area contributed by atoms with Gasteiger partial charge in [0.15, 0.2) is 0 Å². The molecule has 31 rings (SSSR count). The molecule has 4 amide bonds. The molecule has 11 aromatic rings. The maximum atomic E-state index is 15.1. The van der Waals surface area contributed by atoms with Gasteiger partial charge >= 0.3 is 0 Å². The fourth-order valence-electron chi connectivity index (χ4n) is 16.2. The number of imide groups is 2. The molecule has 3 saturated carbocycles.